The van der Waals surface area contributed by atoms with Gasteiger partial charge in [-0.05, 0) is 38.2 Å². The number of carbonyl (C=O) groups excluding carboxylic acids is 1. The van der Waals surface area contributed by atoms with E-state index >= 15 is 0 Å². The van der Waals surface area contributed by atoms with Gasteiger partial charge in [-0.25, -0.2) is 10.9 Å². The van der Waals surface area contributed by atoms with Crippen LogP contribution in [0.15, 0.2) is 30.3 Å². The number of hydrogen-bond acceptors (Lipinski definition) is 1. The van der Waals surface area contributed by atoms with Crippen molar-refractivity contribution in [3.8, 4) is 0 Å². The summed E-state index contributed by atoms with van der Waals surface area (Å²) in [4.78, 5) is 12.5. The summed E-state index contributed by atoms with van der Waals surface area (Å²) in [5.41, 5.74) is 0.877. The Morgan fingerprint density at radius 2 is 1.69 bits per heavy atom. The van der Waals surface area contributed by atoms with Crippen molar-refractivity contribution in [3.63, 3.8) is 0 Å². The van der Waals surface area contributed by atoms with Crippen molar-refractivity contribution in [2.45, 2.75) is 31.4 Å². The number of Topliss-reactive ketones (excluding diaryl/α,β-unsaturated/α-hetero) is 1. The molecule has 0 saturated carbocycles. The van der Waals surface area contributed by atoms with E-state index in [1.54, 1.807) is 0 Å². The van der Waals surface area contributed by atoms with Crippen molar-refractivity contribution < 1.29 is 4.79 Å². The maximum atomic E-state index is 12.5. The van der Waals surface area contributed by atoms with Gasteiger partial charge in [0.05, 0.1) is 4.75 Å². The molecule has 0 aromatic heterocycles. The molecule has 0 N–H and O–H groups in total. The van der Waals surface area contributed by atoms with Crippen LogP contribution in [0.1, 0.15) is 37.0 Å². The minimum Gasteiger partial charge on any atom is -0.293 e. The smallest absolute Gasteiger partial charge is 0.176 e. The highest BCUT2D eigenvalue weighted by Crippen LogP contribution is 2.47. The summed E-state index contributed by atoms with van der Waals surface area (Å²) in [5, 5.41) is 0. The third-order valence-electron chi connectivity index (χ3n) is 3.49. The molecule has 0 amide bonds. The molecule has 0 atom stereocenters. The lowest BCUT2D eigenvalue weighted by atomic mass is 10.0. The Hall–Kier alpha value is -0.760. The molecule has 0 radical (unpaired) electrons. The number of thiol groups is 1. The van der Waals surface area contributed by atoms with Crippen molar-refractivity contribution >= 4 is 16.7 Å². The van der Waals surface area contributed by atoms with Gasteiger partial charge in [0.2, 0.25) is 0 Å². The van der Waals surface area contributed by atoms with Crippen LogP contribution in [0, 0.1) is 0 Å². The standard InChI is InChI=1S/C14H20OS/c1-14(2,16-10-6-7-11-16)13(15)12-8-4-3-5-9-12/h3-5,8-9,16H,6-7,10-11H2,1-2H3. The third kappa shape index (κ3) is 2.17. The Labute approximate surface area is 101 Å². The molecule has 1 fully saturated rings. The maximum absolute atomic E-state index is 12.5. The first-order valence-electron chi connectivity index (χ1n) is 5.97. The van der Waals surface area contributed by atoms with Crippen LogP contribution in [0.5, 0.6) is 0 Å². The second-order valence-electron chi connectivity index (χ2n) is 4.95. The first kappa shape index (κ1) is 11.7. The zero-order valence-corrected chi connectivity index (χ0v) is 11.0. The Morgan fingerprint density at radius 1 is 1.12 bits per heavy atom. The second kappa shape index (κ2) is 4.62. The van der Waals surface area contributed by atoms with Crippen LogP contribution < -0.4 is 0 Å². The average molecular weight is 236 g/mol. The lowest BCUT2D eigenvalue weighted by Crippen LogP contribution is -2.32. The lowest BCUT2D eigenvalue weighted by molar-refractivity contribution is 0.0957. The zero-order chi connectivity index (χ0) is 11.6. The SMILES string of the molecule is CC(C)(C(=O)c1ccccc1)[SH]1CCCC1. The van der Waals surface area contributed by atoms with Gasteiger partial charge >= 0.3 is 0 Å². The van der Waals surface area contributed by atoms with Crippen LogP contribution in [0.2, 0.25) is 0 Å². The van der Waals surface area contributed by atoms with Crippen LogP contribution in [0.4, 0.5) is 0 Å². The molecule has 1 saturated heterocycles. The van der Waals surface area contributed by atoms with E-state index < -0.39 is 0 Å². The number of ketones is 1. The molecule has 16 heavy (non-hydrogen) atoms. The Morgan fingerprint density at radius 3 is 2.25 bits per heavy atom. The molecule has 0 unspecified atom stereocenters. The lowest BCUT2D eigenvalue weighted by Gasteiger charge is -2.33. The normalized spacial score (nSPS) is 18.8. The first-order chi connectivity index (χ1) is 7.62. The molecule has 1 nitrogen and oxygen atoms in total. The summed E-state index contributed by atoms with van der Waals surface area (Å²) in [5.74, 6) is 2.89. The summed E-state index contributed by atoms with van der Waals surface area (Å²) in [6.07, 6.45) is 2.63. The molecule has 1 aromatic rings. The average Bonchev–Trinajstić information content (AvgIpc) is 2.83. The van der Waals surface area contributed by atoms with Crippen molar-refractivity contribution in [2.75, 3.05) is 11.5 Å². The van der Waals surface area contributed by atoms with Crippen molar-refractivity contribution in [1.82, 2.24) is 0 Å². The van der Waals surface area contributed by atoms with Crippen LogP contribution >= 0.6 is 10.9 Å². The number of rotatable bonds is 3. The Kier molecular flexibility index (Phi) is 3.38. The highest BCUT2D eigenvalue weighted by atomic mass is 32.2. The minimum atomic E-state index is -0.132. The predicted octanol–water partition coefficient (Wildman–Crippen LogP) is 3.44. The van der Waals surface area contributed by atoms with E-state index in [2.05, 4.69) is 13.8 Å². The minimum absolute atomic E-state index is 0.101. The quantitative estimate of drug-likeness (QED) is 0.628. The molecular weight excluding hydrogens is 216 g/mol. The number of hydrogen-bond donors (Lipinski definition) is 1. The molecule has 1 heterocycles. The molecule has 0 aliphatic carbocycles. The van der Waals surface area contributed by atoms with Gasteiger partial charge in [0.1, 0.15) is 0 Å². The van der Waals surface area contributed by atoms with Crippen LogP contribution in [0.25, 0.3) is 0 Å². The summed E-state index contributed by atoms with van der Waals surface area (Å²) in [6, 6.07) is 9.74. The van der Waals surface area contributed by atoms with Gasteiger partial charge in [0, 0.05) is 5.56 Å². The highest BCUT2D eigenvalue weighted by molar-refractivity contribution is 8.19. The van der Waals surface area contributed by atoms with Gasteiger partial charge in [0.25, 0.3) is 0 Å². The molecule has 1 aliphatic heterocycles. The summed E-state index contributed by atoms with van der Waals surface area (Å²) in [6.45, 7) is 4.28. The van der Waals surface area contributed by atoms with E-state index in [0.717, 1.165) is 5.56 Å². The van der Waals surface area contributed by atoms with Gasteiger partial charge in [-0.2, -0.15) is 0 Å². The molecule has 1 aromatic carbocycles. The van der Waals surface area contributed by atoms with E-state index in [0.29, 0.717) is 5.78 Å². The van der Waals surface area contributed by atoms with Gasteiger partial charge in [0.15, 0.2) is 5.78 Å². The maximum Gasteiger partial charge on any atom is 0.176 e. The largest absolute Gasteiger partial charge is 0.293 e. The zero-order valence-electron chi connectivity index (χ0n) is 10.1. The molecule has 0 spiro atoms. The van der Waals surface area contributed by atoms with Crippen molar-refractivity contribution in [2.24, 2.45) is 0 Å². The fourth-order valence-electron chi connectivity index (χ4n) is 2.36. The molecule has 2 heteroatoms. The van der Waals surface area contributed by atoms with Gasteiger partial charge in [-0.1, -0.05) is 30.3 Å². The first-order valence-corrected chi connectivity index (χ1v) is 7.68. The van der Waals surface area contributed by atoms with E-state index in [-0.39, 0.29) is 15.6 Å². The fourth-order valence-corrected chi connectivity index (χ4v) is 5.33. The summed E-state index contributed by atoms with van der Waals surface area (Å²) >= 11 is 0. The van der Waals surface area contributed by atoms with Crippen LogP contribution in [-0.4, -0.2) is 22.0 Å². The second-order valence-corrected chi connectivity index (χ2v) is 8.04. The summed E-state index contributed by atoms with van der Waals surface area (Å²) < 4.78 is -0.132. The Bertz CT molecular complexity index is 364. The van der Waals surface area contributed by atoms with E-state index in [1.165, 1.54) is 24.3 Å². The fraction of sp³-hybridized carbons (Fsp3) is 0.500. The predicted molar refractivity (Wildman–Crippen MR) is 72.8 cm³/mol. The number of carbonyl (C=O) groups is 1. The number of benzene rings is 1. The van der Waals surface area contributed by atoms with Gasteiger partial charge in [-0.3, -0.25) is 4.79 Å². The van der Waals surface area contributed by atoms with E-state index in [1.807, 2.05) is 30.3 Å². The van der Waals surface area contributed by atoms with Crippen LogP contribution in [0.3, 0.4) is 0 Å². The molecule has 88 valence electrons. The highest BCUT2D eigenvalue weighted by Gasteiger charge is 2.35. The third-order valence-corrected chi connectivity index (χ3v) is 6.98. The van der Waals surface area contributed by atoms with Crippen molar-refractivity contribution in [1.29, 1.82) is 0 Å². The molecule has 2 rings (SSSR count). The molecule has 1 aliphatic rings. The van der Waals surface area contributed by atoms with E-state index in [9.17, 15) is 4.79 Å². The topological polar surface area (TPSA) is 17.1 Å². The van der Waals surface area contributed by atoms with E-state index in [4.69, 9.17) is 0 Å². The van der Waals surface area contributed by atoms with Gasteiger partial charge in [-0.15, -0.1) is 0 Å². The molecular formula is C14H20OS. The monoisotopic (exact) mass is 236 g/mol. The molecule has 0 bridgehead atoms. The summed E-state index contributed by atoms with van der Waals surface area (Å²) in [7, 11) is -0.101. The van der Waals surface area contributed by atoms with Crippen molar-refractivity contribution in [3.05, 3.63) is 35.9 Å². The van der Waals surface area contributed by atoms with Crippen LogP contribution in [-0.2, 0) is 0 Å². The van der Waals surface area contributed by atoms with Gasteiger partial charge < -0.3 is 0 Å². The Balaban J connectivity index is 2.20.